The Hall–Kier alpha value is -3.80. The molecule has 6 heteroatoms. The lowest BCUT2D eigenvalue weighted by Gasteiger charge is -2.21. The molecule has 31 heavy (non-hydrogen) atoms. The van der Waals surface area contributed by atoms with Crippen molar-refractivity contribution in [2.24, 2.45) is 0 Å². The quantitative estimate of drug-likeness (QED) is 0.447. The Labute approximate surface area is 181 Å². The molecule has 0 radical (unpaired) electrons. The Morgan fingerprint density at radius 2 is 1.81 bits per heavy atom. The molecule has 0 aliphatic rings. The summed E-state index contributed by atoms with van der Waals surface area (Å²) in [5.74, 6) is 1.03. The van der Waals surface area contributed by atoms with E-state index in [9.17, 15) is 4.79 Å². The van der Waals surface area contributed by atoms with E-state index in [4.69, 9.17) is 9.47 Å². The Bertz CT molecular complexity index is 1170. The predicted molar refractivity (Wildman–Crippen MR) is 120 cm³/mol. The summed E-state index contributed by atoms with van der Waals surface area (Å²) in [7, 11) is 3.24. The van der Waals surface area contributed by atoms with Crippen LogP contribution in [0.4, 0.5) is 0 Å². The van der Waals surface area contributed by atoms with Gasteiger partial charge in [0.15, 0.2) is 11.5 Å². The molecule has 4 aromatic rings. The van der Waals surface area contributed by atoms with Crippen LogP contribution in [0.15, 0.2) is 73.2 Å². The van der Waals surface area contributed by atoms with Crippen LogP contribution in [0.2, 0.25) is 0 Å². The highest BCUT2D eigenvalue weighted by atomic mass is 16.5. The number of carbonyl (C=O) groups excluding carboxylic acids is 1. The van der Waals surface area contributed by atoms with Crippen molar-refractivity contribution in [3.8, 4) is 11.5 Å². The molecule has 0 aliphatic carbocycles. The summed E-state index contributed by atoms with van der Waals surface area (Å²) >= 11 is 0. The van der Waals surface area contributed by atoms with Crippen molar-refractivity contribution in [1.82, 2.24) is 15.3 Å². The third kappa shape index (κ3) is 4.38. The number of amides is 1. The molecule has 0 unspecified atom stereocenters. The molecular formula is C25H25N3O3. The van der Waals surface area contributed by atoms with Crippen LogP contribution < -0.4 is 14.8 Å². The molecule has 2 N–H and O–H groups in total. The van der Waals surface area contributed by atoms with Gasteiger partial charge in [0.05, 0.1) is 14.2 Å². The van der Waals surface area contributed by atoms with Gasteiger partial charge in [-0.15, -0.1) is 0 Å². The molecule has 158 valence electrons. The number of aromatic nitrogens is 2. The highest BCUT2D eigenvalue weighted by Crippen LogP contribution is 2.41. The molecule has 2 aromatic heterocycles. The number of pyridine rings is 1. The van der Waals surface area contributed by atoms with E-state index < -0.39 is 0 Å². The first-order chi connectivity index (χ1) is 15.2. The number of hydrogen-bond acceptors (Lipinski definition) is 4. The Balaban J connectivity index is 1.69. The zero-order valence-corrected chi connectivity index (χ0v) is 17.6. The summed E-state index contributed by atoms with van der Waals surface area (Å²) in [6.45, 7) is 0.456. The zero-order valence-electron chi connectivity index (χ0n) is 17.6. The third-order valence-electron chi connectivity index (χ3n) is 5.43. The highest BCUT2D eigenvalue weighted by molar-refractivity contribution is 5.86. The second-order valence-electron chi connectivity index (χ2n) is 7.26. The van der Waals surface area contributed by atoms with Gasteiger partial charge in [-0.05, 0) is 35.4 Å². The van der Waals surface area contributed by atoms with Crippen molar-refractivity contribution < 1.29 is 14.3 Å². The number of fused-ring (bicyclic) bond motifs is 1. The number of methoxy groups -OCH3 is 2. The van der Waals surface area contributed by atoms with Crippen molar-refractivity contribution in [2.45, 2.75) is 18.9 Å². The average molecular weight is 415 g/mol. The number of aromatic amines is 1. The maximum Gasteiger partial charge on any atom is 0.221 e. The van der Waals surface area contributed by atoms with Gasteiger partial charge >= 0.3 is 0 Å². The van der Waals surface area contributed by atoms with E-state index >= 15 is 0 Å². The van der Waals surface area contributed by atoms with Crippen LogP contribution in [0, 0.1) is 0 Å². The fraction of sp³-hybridized carbons (Fsp3) is 0.200. The van der Waals surface area contributed by atoms with E-state index in [0.717, 1.165) is 27.6 Å². The number of ether oxygens (including phenoxy) is 2. The fourth-order valence-electron chi connectivity index (χ4n) is 3.91. The van der Waals surface area contributed by atoms with E-state index in [-0.39, 0.29) is 18.2 Å². The minimum absolute atomic E-state index is 0.0445. The van der Waals surface area contributed by atoms with Gasteiger partial charge < -0.3 is 19.8 Å². The van der Waals surface area contributed by atoms with Crippen LogP contribution in [-0.2, 0) is 11.3 Å². The number of hydrogen-bond donors (Lipinski definition) is 2. The number of para-hydroxylation sites is 2. The molecule has 1 atom stereocenters. The minimum Gasteiger partial charge on any atom is -0.493 e. The number of nitrogens with one attached hydrogen (secondary N) is 2. The normalized spacial score (nSPS) is 11.8. The first kappa shape index (κ1) is 20.5. The SMILES string of the molecule is COc1cccc([C@H](CC(=O)NCc2ccncc2)c2c[nH]c3ccccc23)c1OC. The highest BCUT2D eigenvalue weighted by Gasteiger charge is 2.26. The Morgan fingerprint density at radius 1 is 1.00 bits per heavy atom. The van der Waals surface area contributed by atoms with E-state index in [2.05, 4.69) is 21.4 Å². The molecule has 6 nitrogen and oxygen atoms in total. The predicted octanol–water partition coefficient (Wildman–Crippen LogP) is 4.42. The van der Waals surface area contributed by atoms with E-state index in [1.807, 2.05) is 54.7 Å². The third-order valence-corrected chi connectivity index (χ3v) is 5.43. The van der Waals surface area contributed by atoms with Crippen molar-refractivity contribution in [1.29, 1.82) is 0 Å². The summed E-state index contributed by atoms with van der Waals surface area (Å²) in [4.78, 5) is 20.3. The molecular weight excluding hydrogens is 390 g/mol. The van der Waals surface area contributed by atoms with Gasteiger partial charge in [-0.2, -0.15) is 0 Å². The monoisotopic (exact) mass is 415 g/mol. The van der Waals surface area contributed by atoms with Crippen LogP contribution in [0.3, 0.4) is 0 Å². The van der Waals surface area contributed by atoms with E-state index in [1.54, 1.807) is 26.6 Å². The van der Waals surface area contributed by atoms with Gasteiger partial charge in [-0.3, -0.25) is 9.78 Å². The first-order valence-electron chi connectivity index (χ1n) is 10.1. The maximum absolute atomic E-state index is 13.0. The first-order valence-corrected chi connectivity index (χ1v) is 10.1. The largest absolute Gasteiger partial charge is 0.493 e. The summed E-state index contributed by atoms with van der Waals surface area (Å²) in [5, 5.41) is 4.11. The molecule has 0 bridgehead atoms. The summed E-state index contributed by atoms with van der Waals surface area (Å²) in [5.41, 5.74) is 3.99. The lowest BCUT2D eigenvalue weighted by Crippen LogP contribution is -2.25. The average Bonchev–Trinajstić information content (AvgIpc) is 3.25. The maximum atomic E-state index is 13.0. The lowest BCUT2D eigenvalue weighted by atomic mass is 9.87. The fourth-order valence-corrected chi connectivity index (χ4v) is 3.91. The van der Waals surface area contributed by atoms with Crippen molar-refractivity contribution in [2.75, 3.05) is 14.2 Å². The molecule has 0 aliphatic heterocycles. The van der Waals surface area contributed by atoms with Gasteiger partial charge in [0, 0.05) is 53.9 Å². The van der Waals surface area contributed by atoms with Gasteiger partial charge in [0.2, 0.25) is 5.91 Å². The molecule has 2 aromatic carbocycles. The zero-order chi connectivity index (χ0) is 21.6. The number of benzene rings is 2. The molecule has 1 amide bonds. The van der Waals surface area contributed by atoms with Gasteiger partial charge in [0.25, 0.3) is 0 Å². The van der Waals surface area contributed by atoms with Crippen molar-refractivity contribution in [3.05, 3.63) is 89.9 Å². The molecule has 4 rings (SSSR count). The van der Waals surface area contributed by atoms with E-state index in [1.165, 1.54) is 0 Å². The van der Waals surface area contributed by atoms with Gasteiger partial charge in [-0.1, -0.05) is 30.3 Å². The Morgan fingerprint density at radius 3 is 2.58 bits per heavy atom. The van der Waals surface area contributed by atoms with Crippen molar-refractivity contribution >= 4 is 16.8 Å². The Kier molecular flexibility index (Phi) is 6.17. The van der Waals surface area contributed by atoms with Crippen molar-refractivity contribution in [3.63, 3.8) is 0 Å². The van der Waals surface area contributed by atoms with Crippen LogP contribution in [0.1, 0.15) is 29.0 Å². The molecule has 2 heterocycles. The number of nitrogens with zero attached hydrogens (tertiary/aromatic N) is 1. The van der Waals surface area contributed by atoms with Gasteiger partial charge in [-0.25, -0.2) is 0 Å². The smallest absolute Gasteiger partial charge is 0.221 e. The summed E-state index contributed by atoms with van der Waals surface area (Å²) < 4.78 is 11.2. The van der Waals surface area contributed by atoms with Gasteiger partial charge in [0.1, 0.15) is 0 Å². The van der Waals surface area contributed by atoms with Crippen LogP contribution >= 0.6 is 0 Å². The second kappa shape index (κ2) is 9.34. The van der Waals surface area contributed by atoms with E-state index in [0.29, 0.717) is 18.0 Å². The summed E-state index contributed by atoms with van der Waals surface area (Å²) in [6, 6.07) is 17.6. The van der Waals surface area contributed by atoms with Crippen LogP contribution in [-0.4, -0.2) is 30.1 Å². The second-order valence-corrected chi connectivity index (χ2v) is 7.26. The molecule has 0 saturated carbocycles. The standard InChI is InChI=1S/C25H25N3O3/c1-30-23-9-5-7-19(25(23)31-2)20(21-16-27-22-8-4-3-6-18(21)22)14-24(29)28-15-17-10-12-26-13-11-17/h3-13,16,20,27H,14-15H2,1-2H3,(H,28,29)/t20-/m0/s1. The minimum atomic E-state index is -0.210. The number of rotatable bonds is 8. The molecule has 0 saturated heterocycles. The molecule has 0 fully saturated rings. The number of H-pyrrole nitrogens is 1. The topological polar surface area (TPSA) is 76.2 Å². The van der Waals surface area contributed by atoms with Crippen LogP contribution in [0.5, 0.6) is 11.5 Å². The summed E-state index contributed by atoms with van der Waals surface area (Å²) in [6.07, 6.45) is 5.69. The van der Waals surface area contributed by atoms with Crippen LogP contribution in [0.25, 0.3) is 10.9 Å². The lowest BCUT2D eigenvalue weighted by molar-refractivity contribution is -0.121. The number of carbonyl (C=O) groups is 1. The molecule has 0 spiro atoms.